The lowest BCUT2D eigenvalue weighted by molar-refractivity contribution is 0.413. The van der Waals surface area contributed by atoms with Crippen LogP contribution in [0.2, 0.25) is 5.02 Å². The molecule has 0 amide bonds. The Labute approximate surface area is 110 Å². The predicted octanol–water partition coefficient (Wildman–Crippen LogP) is 1.66. The lowest BCUT2D eigenvalue weighted by Crippen LogP contribution is -2.26. The van der Waals surface area contributed by atoms with Crippen molar-refractivity contribution in [2.24, 2.45) is 0 Å². The van der Waals surface area contributed by atoms with Gasteiger partial charge in [-0.1, -0.05) is 11.6 Å². The van der Waals surface area contributed by atoms with E-state index in [1.54, 1.807) is 0 Å². The summed E-state index contributed by atoms with van der Waals surface area (Å²) in [6.45, 7) is 0. The molecule has 5 nitrogen and oxygen atoms in total. The van der Waals surface area contributed by atoms with E-state index >= 15 is 0 Å². The van der Waals surface area contributed by atoms with E-state index in [-0.39, 0.29) is 27.3 Å². The number of hydrogen-bond acceptors (Lipinski definition) is 4. The Bertz CT molecular complexity index is 618. The van der Waals surface area contributed by atoms with E-state index in [4.69, 9.17) is 21.6 Å². The first kappa shape index (κ1) is 13.1. The molecule has 18 heavy (non-hydrogen) atoms. The summed E-state index contributed by atoms with van der Waals surface area (Å²) in [7, 11) is -2.28. The number of benzene rings is 1. The van der Waals surface area contributed by atoms with Crippen molar-refractivity contribution in [2.75, 3.05) is 7.11 Å². The average molecular weight is 287 g/mol. The molecule has 0 bridgehead atoms. The number of nitriles is 1. The highest BCUT2D eigenvalue weighted by atomic mass is 35.5. The van der Waals surface area contributed by atoms with Crippen molar-refractivity contribution < 1.29 is 13.2 Å². The summed E-state index contributed by atoms with van der Waals surface area (Å²) in [4.78, 5) is -0.0894. The molecule has 2 rings (SSSR count). The average Bonchev–Trinajstić information content (AvgIpc) is 3.11. The number of hydrogen-bond donors (Lipinski definition) is 1. The summed E-state index contributed by atoms with van der Waals surface area (Å²) in [5.41, 5.74) is 0.0258. The van der Waals surface area contributed by atoms with Crippen LogP contribution in [0.4, 0.5) is 0 Å². The second-order valence-corrected chi connectivity index (χ2v) is 6.02. The molecule has 1 aliphatic rings. The highest BCUT2D eigenvalue weighted by molar-refractivity contribution is 7.89. The molecule has 1 fully saturated rings. The minimum atomic E-state index is -3.67. The van der Waals surface area contributed by atoms with Gasteiger partial charge in [0.1, 0.15) is 22.3 Å². The Morgan fingerprint density at radius 2 is 2.17 bits per heavy atom. The van der Waals surface area contributed by atoms with E-state index in [9.17, 15) is 8.42 Å². The number of nitrogens with zero attached hydrogens (tertiary/aromatic N) is 1. The molecule has 1 N–H and O–H groups in total. The van der Waals surface area contributed by atoms with Crippen LogP contribution in [-0.4, -0.2) is 21.6 Å². The highest BCUT2D eigenvalue weighted by Gasteiger charge is 2.30. The summed E-state index contributed by atoms with van der Waals surface area (Å²) in [6.07, 6.45) is 1.66. The van der Waals surface area contributed by atoms with Crippen LogP contribution in [-0.2, 0) is 10.0 Å². The third-order valence-electron chi connectivity index (χ3n) is 2.59. The van der Waals surface area contributed by atoms with E-state index in [1.807, 2.05) is 6.07 Å². The number of ether oxygens (including phenoxy) is 1. The van der Waals surface area contributed by atoms with Gasteiger partial charge in [0.2, 0.25) is 10.0 Å². The van der Waals surface area contributed by atoms with Crippen molar-refractivity contribution in [1.29, 1.82) is 5.26 Å². The molecule has 0 aliphatic heterocycles. The van der Waals surface area contributed by atoms with Gasteiger partial charge in [0.25, 0.3) is 0 Å². The number of sulfonamides is 1. The van der Waals surface area contributed by atoms with Crippen molar-refractivity contribution >= 4 is 21.6 Å². The van der Waals surface area contributed by atoms with E-state index in [0.717, 1.165) is 12.8 Å². The van der Waals surface area contributed by atoms with Crippen LogP contribution in [0.25, 0.3) is 0 Å². The molecule has 1 aliphatic carbocycles. The molecule has 0 unspecified atom stereocenters. The van der Waals surface area contributed by atoms with E-state index < -0.39 is 10.0 Å². The van der Waals surface area contributed by atoms with Gasteiger partial charge in [-0.05, 0) is 25.0 Å². The Morgan fingerprint density at radius 1 is 1.50 bits per heavy atom. The van der Waals surface area contributed by atoms with Crippen LogP contribution in [0, 0.1) is 11.3 Å². The van der Waals surface area contributed by atoms with Crippen molar-refractivity contribution in [3.63, 3.8) is 0 Å². The Balaban J connectivity index is 2.49. The third-order valence-corrected chi connectivity index (χ3v) is 4.66. The zero-order chi connectivity index (χ0) is 13.3. The van der Waals surface area contributed by atoms with Crippen LogP contribution in [0.5, 0.6) is 5.75 Å². The molecule has 1 saturated carbocycles. The molecular formula is C11H11ClN2O3S. The maximum absolute atomic E-state index is 12.0. The largest absolute Gasteiger partial charge is 0.495 e. The standard InChI is InChI=1S/C11H11ClN2O3S/c1-17-9-4-5-10(11(12)8(9)6-13)18(15,16)14-7-2-3-7/h4-5,7,14H,2-3H2,1H3. The summed E-state index contributed by atoms with van der Waals surface area (Å²) in [5, 5.41) is 8.88. The first-order chi connectivity index (χ1) is 8.49. The smallest absolute Gasteiger partial charge is 0.242 e. The second kappa shape index (κ2) is 4.76. The van der Waals surface area contributed by atoms with Crippen molar-refractivity contribution in [2.45, 2.75) is 23.8 Å². The Hall–Kier alpha value is -1.29. The van der Waals surface area contributed by atoms with Crippen molar-refractivity contribution in [3.8, 4) is 11.8 Å². The summed E-state index contributed by atoms with van der Waals surface area (Å²) >= 11 is 5.96. The Morgan fingerprint density at radius 3 is 2.67 bits per heavy atom. The van der Waals surface area contributed by atoms with Gasteiger partial charge in [0.05, 0.1) is 12.1 Å². The van der Waals surface area contributed by atoms with Gasteiger partial charge in [-0.25, -0.2) is 13.1 Å². The quantitative estimate of drug-likeness (QED) is 0.913. The van der Waals surface area contributed by atoms with Crippen LogP contribution in [0.15, 0.2) is 17.0 Å². The maximum Gasteiger partial charge on any atom is 0.242 e. The Kier molecular flexibility index (Phi) is 3.48. The second-order valence-electron chi connectivity index (χ2n) is 3.96. The first-order valence-electron chi connectivity index (χ1n) is 5.28. The zero-order valence-corrected chi connectivity index (χ0v) is 11.2. The SMILES string of the molecule is COc1ccc(S(=O)(=O)NC2CC2)c(Cl)c1C#N. The fourth-order valence-electron chi connectivity index (χ4n) is 1.51. The number of halogens is 1. The lowest BCUT2D eigenvalue weighted by Gasteiger charge is -2.10. The van der Waals surface area contributed by atoms with Gasteiger partial charge in [-0.15, -0.1) is 0 Å². The number of rotatable bonds is 4. The molecule has 1 aromatic rings. The van der Waals surface area contributed by atoms with Gasteiger partial charge in [0, 0.05) is 6.04 Å². The van der Waals surface area contributed by atoms with E-state index in [0.29, 0.717) is 0 Å². The number of methoxy groups -OCH3 is 1. The molecule has 0 spiro atoms. The molecule has 96 valence electrons. The molecule has 0 saturated heterocycles. The van der Waals surface area contributed by atoms with Crippen LogP contribution in [0.1, 0.15) is 18.4 Å². The normalized spacial score (nSPS) is 15.2. The molecule has 7 heteroatoms. The van der Waals surface area contributed by atoms with Crippen molar-refractivity contribution in [1.82, 2.24) is 4.72 Å². The van der Waals surface area contributed by atoms with E-state index in [1.165, 1.54) is 19.2 Å². The van der Waals surface area contributed by atoms with Crippen molar-refractivity contribution in [3.05, 3.63) is 22.7 Å². The van der Waals surface area contributed by atoms with Crippen LogP contribution in [0.3, 0.4) is 0 Å². The van der Waals surface area contributed by atoms with Crippen LogP contribution < -0.4 is 9.46 Å². The van der Waals surface area contributed by atoms with Crippen LogP contribution >= 0.6 is 11.6 Å². The third kappa shape index (κ3) is 2.43. The van der Waals surface area contributed by atoms with Gasteiger partial charge >= 0.3 is 0 Å². The van der Waals surface area contributed by atoms with Gasteiger partial charge in [0.15, 0.2) is 0 Å². The highest BCUT2D eigenvalue weighted by Crippen LogP contribution is 2.33. The van der Waals surface area contributed by atoms with Gasteiger partial charge < -0.3 is 4.74 Å². The fourth-order valence-corrected chi connectivity index (χ4v) is 3.39. The maximum atomic E-state index is 12.0. The summed E-state index contributed by atoms with van der Waals surface area (Å²) < 4.78 is 31.5. The molecule has 0 radical (unpaired) electrons. The molecule has 0 heterocycles. The first-order valence-corrected chi connectivity index (χ1v) is 7.14. The van der Waals surface area contributed by atoms with E-state index in [2.05, 4.69) is 4.72 Å². The summed E-state index contributed by atoms with van der Waals surface area (Å²) in [5.74, 6) is 0.257. The van der Waals surface area contributed by atoms with Gasteiger partial charge in [-0.2, -0.15) is 5.26 Å². The molecular weight excluding hydrogens is 276 g/mol. The fraction of sp³-hybridized carbons (Fsp3) is 0.364. The zero-order valence-electron chi connectivity index (χ0n) is 9.60. The lowest BCUT2D eigenvalue weighted by atomic mass is 10.2. The monoisotopic (exact) mass is 286 g/mol. The molecule has 0 atom stereocenters. The molecule has 1 aromatic carbocycles. The predicted molar refractivity (Wildman–Crippen MR) is 66.1 cm³/mol. The minimum Gasteiger partial charge on any atom is -0.495 e. The van der Waals surface area contributed by atoms with Gasteiger partial charge in [-0.3, -0.25) is 0 Å². The topological polar surface area (TPSA) is 79.2 Å². The molecule has 0 aromatic heterocycles. The number of nitrogens with one attached hydrogen (secondary N) is 1. The minimum absolute atomic E-state index is 0.0151. The summed E-state index contributed by atoms with van der Waals surface area (Å²) in [6, 6.07) is 4.59.